The number of hydrogen-bond donors (Lipinski definition) is 4. The van der Waals surface area contributed by atoms with Gasteiger partial charge in [0.25, 0.3) is 0 Å². The van der Waals surface area contributed by atoms with Crippen LogP contribution in [-0.4, -0.2) is 127 Å². The van der Waals surface area contributed by atoms with E-state index in [0.717, 1.165) is 48.7 Å². The number of ether oxygens (including phenoxy) is 8. The van der Waals surface area contributed by atoms with Crippen LogP contribution in [0.2, 0.25) is 0 Å². The molecule has 0 spiro atoms. The van der Waals surface area contributed by atoms with Crippen LogP contribution < -0.4 is 0 Å². The van der Waals surface area contributed by atoms with Gasteiger partial charge < -0.3 is 37.9 Å². The lowest BCUT2D eigenvalue weighted by Gasteiger charge is -2.32. The fourth-order valence-corrected chi connectivity index (χ4v) is 3.58. The third-order valence-electron chi connectivity index (χ3n) is 4.98. The molecular weight excluding hydrogens is 557 g/mol. The molecule has 0 aromatic heterocycles. The molecule has 0 N–H and O–H groups in total. The van der Waals surface area contributed by atoms with Crippen molar-refractivity contribution < 1.29 is 37.9 Å². The van der Waals surface area contributed by atoms with Gasteiger partial charge in [0.05, 0.1) is 65.6 Å². The minimum Gasteiger partial charge on any atom is -0.379 e. The topological polar surface area (TPSA) is 73.8 Å². The predicted molar refractivity (Wildman–Crippen MR) is 163 cm³/mol. The molecular formula is C25H52O8S4. The van der Waals surface area contributed by atoms with Gasteiger partial charge in [-0.25, -0.2) is 0 Å². The van der Waals surface area contributed by atoms with Crippen LogP contribution in [0, 0.1) is 0 Å². The monoisotopic (exact) mass is 608 g/mol. The summed E-state index contributed by atoms with van der Waals surface area (Å²) in [7, 11) is 0. The molecule has 3 unspecified atom stereocenters. The molecule has 12 heteroatoms. The Labute approximate surface area is 247 Å². The molecule has 8 nitrogen and oxygen atoms in total. The second kappa shape index (κ2) is 31.6. The summed E-state index contributed by atoms with van der Waals surface area (Å²) in [6, 6.07) is 0. The third-order valence-corrected chi connectivity index (χ3v) is 6.24. The van der Waals surface area contributed by atoms with Crippen molar-refractivity contribution in [2.45, 2.75) is 50.9 Å². The zero-order valence-electron chi connectivity index (χ0n) is 22.6. The summed E-state index contributed by atoms with van der Waals surface area (Å²) >= 11 is 16.8. The Kier molecular flexibility index (Phi) is 32.5. The van der Waals surface area contributed by atoms with Crippen LogP contribution in [0.15, 0.2) is 0 Å². The van der Waals surface area contributed by atoms with Crippen molar-refractivity contribution in [2.24, 2.45) is 0 Å². The molecule has 0 fully saturated rings. The molecule has 0 aliphatic heterocycles. The van der Waals surface area contributed by atoms with Gasteiger partial charge >= 0.3 is 0 Å². The molecule has 3 atom stereocenters. The van der Waals surface area contributed by atoms with Gasteiger partial charge in [-0.1, -0.05) is 0 Å². The highest BCUT2D eigenvalue weighted by Crippen LogP contribution is 2.14. The maximum absolute atomic E-state index is 6.23. The first-order valence-corrected chi connectivity index (χ1v) is 15.9. The maximum Gasteiger partial charge on any atom is 0.112 e. The van der Waals surface area contributed by atoms with E-state index in [1.165, 1.54) is 0 Å². The van der Waals surface area contributed by atoms with E-state index in [0.29, 0.717) is 85.9 Å². The van der Waals surface area contributed by atoms with Gasteiger partial charge in [0.2, 0.25) is 0 Å². The molecule has 0 aliphatic rings. The Hall–Kier alpha value is 1.08. The normalized spacial score (nSPS) is 14.2. The maximum atomic E-state index is 6.23. The van der Waals surface area contributed by atoms with Crippen molar-refractivity contribution in [1.82, 2.24) is 0 Å². The van der Waals surface area contributed by atoms with E-state index in [4.69, 9.17) is 37.9 Å². The highest BCUT2D eigenvalue weighted by Gasteiger charge is 2.30. The summed E-state index contributed by atoms with van der Waals surface area (Å²) in [6.45, 7) is 8.81. The molecule has 0 heterocycles. The van der Waals surface area contributed by atoms with Crippen molar-refractivity contribution in [3.63, 3.8) is 0 Å². The van der Waals surface area contributed by atoms with E-state index in [1.54, 1.807) is 0 Å². The van der Waals surface area contributed by atoms with E-state index in [2.05, 4.69) is 50.5 Å². The molecule has 37 heavy (non-hydrogen) atoms. The Morgan fingerprint density at radius 3 is 1.27 bits per heavy atom. The molecule has 0 bridgehead atoms. The van der Waals surface area contributed by atoms with Gasteiger partial charge in [-0.05, 0) is 55.6 Å². The molecule has 0 saturated carbocycles. The lowest BCUT2D eigenvalue weighted by atomic mass is 10.1. The average molecular weight is 609 g/mol. The molecule has 224 valence electrons. The summed E-state index contributed by atoms with van der Waals surface area (Å²) in [5.41, 5.74) is 0. The van der Waals surface area contributed by atoms with Crippen LogP contribution in [0.25, 0.3) is 0 Å². The van der Waals surface area contributed by atoms with Gasteiger partial charge in [-0.3, -0.25) is 0 Å². The van der Waals surface area contributed by atoms with Gasteiger partial charge in [0.1, 0.15) is 12.2 Å². The first-order chi connectivity index (χ1) is 18.2. The Balaban J connectivity index is 4.88. The van der Waals surface area contributed by atoms with Crippen LogP contribution >= 0.6 is 50.5 Å². The molecule has 0 aromatic rings. The minimum atomic E-state index is -0.353. The van der Waals surface area contributed by atoms with Gasteiger partial charge in [-0.15, -0.1) is 0 Å². The van der Waals surface area contributed by atoms with Gasteiger partial charge in [0, 0.05) is 26.4 Å². The van der Waals surface area contributed by atoms with Crippen LogP contribution in [0.1, 0.15) is 32.6 Å². The summed E-state index contributed by atoms with van der Waals surface area (Å²) in [4.78, 5) is 0. The Morgan fingerprint density at radius 1 is 0.432 bits per heavy atom. The second-order valence-corrected chi connectivity index (χ2v) is 9.94. The fourth-order valence-electron chi connectivity index (χ4n) is 3.06. The first-order valence-electron chi connectivity index (χ1n) is 13.4. The van der Waals surface area contributed by atoms with Crippen LogP contribution in [-0.2, 0) is 37.9 Å². The summed E-state index contributed by atoms with van der Waals surface area (Å²) in [5, 5.41) is 0. The van der Waals surface area contributed by atoms with Crippen molar-refractivity contribution >= 4 is 50.5 Å². The van der Waals surface area contributed by atoms with Gasteiger partial charge in [-0.2, -0.15) is 50.5 Å². The number of hydrogen-bond acceptors (Lipinski definition) is 12. The van der Waals surface area contributed by atoms with E-state index in [-0.39, 0.29) is 18.3 Å². The molecule has 0 saturated heterocycles. The molecule has 0 rings (SSSR count). The second-order valence-electron chi connectivity index (χ2n) is 8.15. The van der Waals surface area contributed by atoms with E-state index in [9.17, 15) is 0 Å². The van der Waals surface area contributed by atoms with E-state index >= 15 is 0 Å². The van der Waals surface area contributed by atoms with Crippen molar-refractivity contribution in [3.05, 3.63) is 0 Å². The molecule has 0 aliphatic carbocycles. The zero-order chi connectivity index (χ0) is 27.2. The summed E-state index contributed by atoms with van der Waals surface area (Å²) in [5.74, 6) is 3.21. The standard InChI is InChI=1S/C25H52O8S4/c1-23(31-15-12-27-7-3-19-35)25(33-17-14-29-9-5-21-37)24(32-16-13-28-8-4-20-36)22-30-11-10-26-6-2-18-34/h23-25,34-37H,2-22H2,1H3. The van der Waals surface area contributed by atoms with Crippen LogP contribution in [0.4, 0.5) is 0 Å². The number of thiol groups is 4. The largest absolute Gasteiger partial charge is 0.379 e. The third kappa shape index (κ3) is 25.8. The van der Waals surface area contributed by atoms with Gasteiger partial charge in [0.15, 0.2) is 0 Å². The lowest BCUT2D eigenvalue weighted by Crippen LogP contribution is -2.45. The quantitative estimate of drug-likeness (QED) is 0.0704. The smallest absolute Gasteiger partial charge is 0.112 e. The van der Waals surface area contributed by atoms with Crippen molar-refractivity contribution in [3.8, 4) is 0 Å². The SMILES string of the molecule is CC(OCCOCCCS)C(OCCOCCCS)C(COCCOCCCS)OCCOCCCS. The molecule has 0 amide bonds. The summed E-state index contributed by atoms with van der Waals surface area (Å²) in [6.07, 6.45) is 2.71. The Morgan fingerprint density at radius 2 is 0.811 bits per heavy atom. The lowest BCUT2D eigenvalue weighted by molar-refractivity contribution is -0.164. The van der Waals surface area contributed by atoms with Crippen molar-refractivity contribution in [1.29, 1.82) is 0 Å². The highest BCUT2D eigenvalue weighted by atomic mass is 32.1. The number of rotatable bonds is 31. The van der Waals surface area contributed by atoms with Crippen LogP contribution in [0.3, 0.4) is 0 Å². The molecule has 0 radical (unpaired) electrons. The Bertz CT molecular complexity index is 443. The van der Waals surface area contributed by atoms with E-state index in [1.807, 2.05) is 6.92 Å². The minimum absolute atomic E-state index is 0.240. The van der Waals surface area contributed by atoms with Crippen molar-refractivity contribution in [2.75, 3.05) is 109 Å². The first kappa shape index (κ1) is 38.1. The molecule has 0 aromatic carbocycles. The fraction of sp³-hybridized carbons (Fsp3) is 1.00. The predicted octanol–water partition coefficient (Wildman–Crippen LogP) is 3.52. The summed E-state index contributed by atoms with van der Waals surface area (Å²) < 4.78 is 46.8. The van der Waals surface area contributed by atoms with Crippen LogP contribution in [0.5, 0.6) is 0 Å². The zero-order valence-corrected chi connectivity index (χ0v) is 26.2. The average Bonchev–Trinajstić information content (AvgIpc) is 2.90. The van der Waals surface area contributed by atoms with E-state index < -0.39 is 0 Å². The highest BCUT2D eigenvalue weighted by molar-refractivity contribution is 7.80.